The lowest BCUT2D eigenvalue weighted by molar-refractivity contribution is 0.0946. The van der Waals surface area contributed by atoms with Gasteiger partial charge in [0.2, 0.25) is 0 Å². The number of amides is 1. The summed E-state index contributed by atoms with van der Waals surface area (Å²) in [7, 11) is 0. The molecule has 3 nitrogen and oxygen atoms in total. The molecule has 0 bridgehead atoms. The van der Waals surface area contributed by atoms with Gasteiger partial charge in [0, 0.05) is 16.0 Å². The number of benzene rings is 2. The fourth-order valence-electron chi connectivity index (χ4n) is 2.43. The maximum atomic E-state index is 12.6. The van der Waals surface area contributed by atoms with Gasteiger partial charge in [-0.05, 0) is 36.2 Å². The quantitative estimate of drug-likeness (QED) is 0.502. The summed E-state index contributed by atoms with van der Waals surface area (Å²) in [5.74, 6) is 0.432. The number of ether oxygens (including phenoxy) is 1. The lowest BCUT2D eigenvalue weighted by Gasteiger charge is -2.13. The Morgan fingerprint density at radius 1 is 1.16 bits per heavy atom. The molecule has 0 unspecified atom stereocenters. The van der Waals surface area contributed by atoms with Crippen molar-refractivity contribution in [2.45, 2.75) is 39.2 Å². The second-order valence-electron chi connectivity index (χ2n) is 5.82. The van der Waals surface area contributed by atoms with E-state index in [-0.39, 0.29) is 5.91 Å². The lowest BCUT2D eigenvalue weighted by Crippen LogP contribution is -2.23. The van der Waals surface area contributed by atoms with Crippen LogP contribution < -0.4 is 10.1 Å². The summed E-state index contributed by atoms with van der Waals surface area (Å²) in [6, 6.07) is 13.0. The van der Waals surface area contributed by atoms with Crippen LogP contribution in [0.2, 0.25) is 5.02 Å². The van der Waals surface area contributed by atoms with E-state index in [0.717, 1.165) is 22.9 Å². The van der Waals surface area contributed by atoms with Gasteiger partial charge in [-0.3, -0.25) is 4.79 Å². The van der Waals surface area contributed by atoms with Crippen molar-refractivity contribution in [3.05, 3.63) is 63.1 Å². The number of unbranched alkanes of at least 4 members (excludes halogenated alkanes) is 3. The molecule has 0 radical (unpaired) electrons. The monoisotopic (exact) mass is 423 g/mol. The van der Waals surface area contributed by atoms with E-state index in [2.05, 4.69) is 28.2 Å². The Hall–Kier alpha value is -1.52. The van der Waals surface area contributed by atoms with Crippen molar-refractivity contribution in [2.75, 3.05) is 6.61 Å². The standard InChI is InChI=1S/C20H23BrClNO2/c1-2-3-4-7-12-25-19-11-10-16(21)13-17(19)20(24)23-14-15-8-5-6-9-18(15)22/h5-6,8-11,13H,2-4,7,12,14H2,1H3,(H,23,24). The molecule has 0 saturated heterocycles. The number of halogens is 2. The van der Waals surface area contributed by atoms with E-state index in [4.69, 9.17) is 16.3 Å². The summed E-state index contributed by atoms with van der Waals surface area (Å²) in [5, 5.41) is 3.55. The van der Waals surface area contributed by atoms with E-state index in [0.29, 0.717) is 29.5 Å². The molecule has 5 heteroatoms. The van der Waals surface area contributed by atoms with E-state index >= 15 is 0 Å². The van der Waals surface area contributed by atoms with Crippen molar-refractivity contribution < 1.29 is 9.53 Å². The molecule has 2 aromatic rings. The molecule has 2 rings (SSSR count). The first-order chi connectivity index (χ1) is 12.1. The second-order valence-corrected chi connectivity index (χ2v) is 7.15. The molecule has 25 heavy (non-hydrogen) atoms. The Balaban J connectivity index is 1.99. The second kappa shape index (κ2) is 10.5. The molecule has 0 heterocycles. The third-order valence-electron chi connectivity index (χ3n) is 3.84. The van der Waals surface area contributed by atoms with Crippen LogP contribution in [0.5, 0.6) is 5.75 Å². The third kappa shape index (κ3) is 6.37. The van der Waals surface area contributed by atoms with Gasteiger partial charge in [0.25, 0.3) is 5.91 Å². The summed E-state index contributed by atoms with van der Waals surface area (Å²) < 4.78 is 6.67. The van der Waals surface area contributed by atoms with Gasteiger partial charge in [0.05, 0.1) is 12.2 Å². The van der Waals surface area contributed by atoms with Crippen LogP contribution >= 0.6 is 27.5 Å². The van der Waals surface area contributed by atoms with Gasteiger partial charge in [0.15, 0.2) is 0 Å². The van der Waals surface area contributed by atoms with Gasteiger partial charge >= 0.3 is 0 Å². The number of rotatable bonds is 9. The van der Waals surface area contributed by atoms with Crippen molar-refractivity contribution in [1.82, 2.24) is 5.32 Å². The Kier molecular flexibility index (Phi) is 8.29. The van der Waals surface area contributed by atoms with Gasteiger partial charge < -0.3 is 10.1 Å². The fraction of sp³-hybridized carbons (Fsp3) is 0.350. The highest BCUT2D eigenvalue weighted by Gasteiger charge is 2.14. The number of carbonyl (C=O) groups excluding carboxylic acids is 1. The van der Waals surface area contributed by atoms with Crippen LogP contribution in [0.3, 0.4) is 0 Å². The SMILES string of the molecule is CCCCCCOc1ccc(Br)cc1C(=O)NCc1ccccc1Cl. The molecule has 0 atom stereocenters. The number of hydrogen-bond acceptors (Lipinski definition) is 2. The van der Waals surface area contributed by atoms with Gasteiger partial charge in [-0.25, -0.2) is 0 Å². The van der Waals surface area contributed by atoms with Crippen LogP contribution in [-0.2, 0) is 6.54 Å². The predicted octanol–water partition coefficient (Wildman–Crippen LogP) is 5.99. The van der Waals surface area contributed by atoms with Crippen molar-refractivity contribution in [3.63, 3.8) is 0 Å². The molecule has 0 aliphatic carbocycles. The number of nitrogens with one attached hydrogen (secondary N) is 1. The highest BCUT2D eigenvalue weighted by Crippen LogP contribution is 2.24. The molecule has 2 aromatic carbocycles. The number of hydrogen-bond donors (Lipinski definition) is 1. The Bertz CT molecular complexity index is 706. The Morgan fingerprint density at radius 2 is 1.96 bits per heavy atom. The van der Waals surface area contributed by atoms with E-state index in [1.165, 1.54) is 12.8 Å². The minimum Gasteiger partial charge on any atom is -0.493 e. The predicted molar refractivity (Wildman–Crippen MR) is 106 cm³/mol. The minimum atomic E-state index is -0.176. The first kappa shape index (κ1) is 19.8. The topological polar surface area (TPSA) is 38.3 Å². The lowest BCUT2D eigenvalue weighted by atomic mass is 10.1. The van der Waals surface area contributed by atoms with Crippen molar-refractivity contribution in [2.24, 2.45) is 0 Å². The molecular formula is C20H23BrClNO2. The molecule has 1 N–H and O–H groups in total. The van der Waals surface area contributed by atoms with E-state index < -0.39 is 0 Å². The Morgan fingerprint density at radius 3 is 2.72 bits per heavy atom. The van der Waals surface area contributed by atoms with Gasteiger partial charge in [-0.2, -0.15) is 0 Å². The molecule has 0 aliphatic heterocycles. The number of carbonyl (C=O) groups is 1. The first-order valence-corrected chi connectivity index (χ1v) is 9.73. The van der Waals surface area contributed by atoms with Crippen LogP contribution in [0.1, 0.15) is 48.5 Å². The highest BCUT2D eigenvalue weighted by molar-refractivity contribution is 9.10. The largest absolute Gasteiger partial charge is 0.493 e. The normalized spacial score (nSPS) is 10.5. The zero-order valence-corrected chi connectivity index (χ0v) is 16.7. The zero-order valence-electron chi connectivity index (χ0n) is 14.4. The van der Waals surface area contributed by atoms with Crippen LogP contribution in [0.25, 0.3) is 0 Å². The van der Waals surface area contributed by atoms with Crippen LogP contribution in [-0.4, -0.2) is 12.5 Å². The summed E-state index contributed by atoms with van der Waals surface area (Å²) in [4.78, 5) is 12.6. The molecular weight excluding hydrogens is 402 g/mol. The minimum absolute atomic E-state index is 0.176. The zero-order chi connectivity index (χ0) is 18.1. The smallest absolute Gasteiger partial charge is 0.255 e. The molecule has 1 amide bonds. The van der Waals surface area contributed by atoms with E-state index in [1.807, 2.05) is 36.4 Å². The first-order valence-electron chi connectivity index (χ1n) is 8.55. The maximum Gasteiger partial charge on any atom is 0.255 e. The van der Waals surface area contributed by atoms with Gasteiger partial charge in [-0.1, -0.05) is 71.9 Å². The summed E-state index contributed by atoms with van der Waals surface area (Å²) in [5.41, 5.74) is 1.41. The van der Waals surface area contributed by atoms with Crippen LogP contribution in [0.15, 0.2) is 46.9 Å². The summed E-state index contributed by atoms with van der Waals surface area (Å²) >= 11 is 9.55. The molecule has 134 valence electrons. The Labute approximate surface area is 162 Å². The summed E-state index contributed by atoms with van der Waals surface area (Å²) in [6.07, 6.45) is 4.52. The molecule has 0 aromatic heterocycles. The van der Waals surface area contributed by atoms with Gasteiger partial charge in [0.1, 0.15) is 5.75 Å². The average Bonchev–Trinajstić information content (AvgIpc) is 2.61. The van der Waals surface area contributed by atoms with Gasteiger partial charge in [-0.15, -0.1) is 0 Å². The molecule has 0 saturated carbocycles. The van der Waals surface area contributed by atoms with Crippen LogP contribution in [0, 0.1) is 0 Å². The van der Waals surface area contributed by atoms with Crippen LogP contribution in [0.4, 0.5) is 0 Å². The highest BCUT2D eigenvalue weighted by atomic mass is 79.9. The summed E-state index contributed by atoms with van der Waals surface area (Å²) in [6.45, 7) is 3.17. The van der Waals surface area contributed by atoms with E-state index in [1.54, 1.807) is 6.07 Å². The van der Waals surface area contributed by atoms with Crippen molar-refractivity contribution in [1.29, 1.82) is 0 Å². The fourth-order valence-corrected chi connectivity index (χ4v) is 2.99. The molecule has 0 aliphatic rings. The molecule has 0 fully saturated rings. The third-order valence-corrected chi connectivity index (χ3v) is 4.70. The molecule has 0 spiro atoms. The van der Waals surface area contributed by atoms with Crippen molar-refractivity contribution in [3.8, 4) is 5.75 Å². The maximum absolute atomic E-state index is 12.6. The van der Waals surface area contributed by atoms with E-state index in [9.17, 15) is 4.79 Å². The van der Waals surface area contributed by atoms with Crippen molar-refractivity contribution >= 4 is 33.4 Å². The average molecular weight is 425 g/mol.